The van der Waals surface area contributed by atoms with Crippen molar-refractivity contribution in [3.63, 3.8) is 0 Å². The Kier molecular flexibility index (Phi) is 8.93. The second-order valence-corrected chi connectivity index (χ2v) is 8.89. The second-order valence-electron chi connectivity index (χ2n) is 8.89. The molecule has 0 aromatic heterocycles. The lowest BCUT2D eigenvalue weighted by atomic mass is 10.00. The molecule has 0 spiro atoms. The molecule has 2 aliphatic rings. The molecule has 0 atom stereocenters. The lowest BCUT2D eigenvalue weighted by Crippen LogP contribution is -2.47. The maximum absolute atomic E-state index is 13.2. The largest absolute Gasteiger partial charge is 0.497 e. The summed E-state index contributed by atoms with van der Waals surface area (Å²) in [6, 6.07) is 9.91. The highest BCUT2D eigenvalue weighted by Gasteiger charge is 2.28. The predicted molar refractivity (Wildman–Crippen MR) is 145 cm³/mol. The van der Waals surface area contributed by atoms with Gasteiger partial charge in [0.05, 0.1) is 34.9 Å². The van der Waals surface area contributed by atoms with Crippen molar-refractivity contribution in [1.82, 2.24) is 9.80 Å². The summed E-state index contributed by atoms with van der Waals surface area (Å²) < 4.78 is 22.1. The number of fused-ring (bicyclic) bond motifs is 1. The van der Waals surface area contributed by atoms with Gasteiger partial charge in [-0.15, -0.1) is 12.4 Å². The van der Waals surface area contributed by atoms with Gasteiger partial charge in [0.25, 0.3) is 0 Å². The standard InChI is InChI=1S/C28H34N2O5.ClH/c1-18-22(13-19-14-25(33-4)28(35-6)26(15-19)34-5)21-8-7-20(32-3)16-24(21)23(18)17-27(31)30-11-9-29(2)10-12-30;/h7-8,13-16H,9-12,17H2,1-6H3;1H. The van der Waals surface area contributed by atoms with Gasteiger partial charge in [-0.25, -0.2) is 0 Å². The Balaban J connectivity index is 0.00000361. The molecule has 0 N–H and O–H groups in total. The molecule has 1 heterocycles. The van der Waals surface area contributed by atoms with Crippen molar-refractivity contribution < 1.29 is 23.7 Å². The molecular formula is C28H35ClN2O5. The topological polar surface area (TPSA) is 60.5 Å². The van der Waals surface area contributed by atoms with Crippen molar-refractivity contribution in [1.29, 1.82) is 0 Å². The minimum atomic E-state index is 0. The highest BCUT2D eigenvalue weighted by molar-refractivity contribution is 6.08. The fraction of sp³-hybridized carbons (Fsp3) is 0.393. The zero-order chi connectivity index (χ0) is 25.1. The average molecular weight is 515 g/mol. The number of nitrogens with zero attached hydrogens (tertiary/aromatic N) is 2. The van der Waals surface area contributed by atoms with E-state index in [0.717, 1.165) is 65.3 Å². The monoisotopic (exact) mass is 514 g/mol. The summed E-state index contributed by atoms with van der Waals surface area (Å²) in [5.74, 6) is 2.68. The van der Waals surface area contributed by atoms with Crippen LogP contribution in [0.1, 0.15) is 30.0 Å². The van der Waals surface area contributed by atoms with Gasteiger partial charge < -0.3 is 28.7 Å². The van der Waals surface area contributed by atoms with Crippen LogP contribution in [-0.2, 0) is 4.79 Å². The van der Waals surface area contributed by atoms with Crippen LogP contribution in [0.25, 0.3) is 17.2 Å². The van der Waals surface area contributed by atoms with Crippen molar-refractivity contribution in [2.75, 3.05) is 61.7 Å². The number of ether oxygens (including phenoxy) is 4. The molecule has 2 aromatic carbocycles. The number of hydrogen-bond acceptors (Lipinski definition) is 6. The number of piperazine rings is 1. The third kappa shape index (κ3) is 5.32. The normalized spacial score (nSPS) is 16.5. The molecular weight excluding hydrogens is 480 g/mol. The van der Waals surface area contributed by atoms with Gasteiger partial charge in [-0.3, -0.25) is 4.79 Å². The minimum absolute atomic E-state index is 0. The third-order valence-corrected chi connectivity index (χ3v) is 6.88. The quantitative estimate of drug-likeness (QED) is 0.536. The Morgan fingerprint density at radius 2 is 1.53 bits per heavy atom. The molecule has 7 nitrogen and oxygen atoms in total. The number of benzene rings is 2. The molecule has 0 bridgehead atoms. The van der Waals surface area contributed by atoms with E-state index in [0.29, 0.717) is 23.7 Å². The molecule has 2 aromatic rings. The maximum atomic E-state index is 13.2. The first-order chi connectivity index (χ1) is 16.9. The maximum Gasteiger partial charge on any atom is 0.227 e. The van der Waals surface area contributed by atoms with E-state index < -0.39 is 0 Å². The number of carbonyl (C=O) groups excluding carboxylic acids is 1. The molecule has 0 unspecified atom stereocenters. The van der Waals surface area contributed by atoms with Crippen LogP contribution >= 0.6 is 12.4 Å². The summed E-state index contributed by atoms with van der Waals surface area (Å²) in [6.07, 6.45) is 2.47. The first-order valence-corrected chi connectivity index (χ1v) is 11.8. The van der Waals surface area contributed by atoms with Gasteiger partial charge in [-0.1, -0.05) is 6.07 Å². The van der Waals surface area contributed by atoms with Crippen LogP contribution in [0.4, 0.5) is 0 Å². The number of likely N-dealkylation sites (N-methyl/N-ethyl adjacent to an activating group) is 1. The highest BCUT2D eigenvalue weighted by Crippen LogP contribution is 2.46. The summed E-state index contributed by atoms with van der Waals surface area (Å²) in [7, 11) is 8.57. The van der Waals surface area contributed by atoms with Gasteiger partial charge in [0.1, 0.15) is 5.75 Å². The van der Waals surface area contributed by atoms with Gasteiger partial charge in [0, 0.05) is 26.2 Å². The van der Waals surface area contributed by atoms with E-state index in [-0.39, 0.29) is 18.3 Å². The fourth-order valence-corrected chi connectivity index (χ4v) is 4.79. The first kappa shape index (κ1) is 27.4. The summed E-state index contributed by atoms with van der Waals surface area (Å²) >= 11 is 0. The molecule has 8 heteroatoms. The summed E-state index contributed by atoms with van der Waals surface area (Å²) in [6.45, 7) is 5.42. The number of rotatable bonds is 7. The number of halogens is 1. The van der Waals surface area contributed by atoms with E-state index in [1.165, 1.54) is 0 Å². The molecule has 0 radical (unpaired) electrons. The first-order valence-electron chi connectivity index (χ1n) is 11.8. The lowest BCUT2D eigenvalue weighted by molar-refractivity contribution is -0.131. The van der Waals surface area contributed by atoms with Crippen LogP contribution in [-0.4, -0.2) is 77.4 Å². The van der Waals surface area contributed by atoms with E-state index in [1.807, 2.05) is 29.2 Å². The van der Waals surface area contributed by atoms with Crippen LogP contribution in [0.3, 0.4) is 0 Å². The van der Waals surface area contributed by atoms with Crippen LogP contribution in [0.15, 0.2) is 35.9 Å². The molecule has 1 aliphatic heterocycles. The number of methoxy groups -OCH3 is 4. The van der Waals surface area contributed by atoms with Crippen LogP contribution in [0.2, 0.25) is 0 Å². The number of hydrogen-bond donors (Lipinski definition) is 0. The Morgan fingerprint density at radius 3 is 2.08 bits per heavy atom. The Morgan fingerprint density at radius 1 is 0.889 bits per heavy atom. The highest BCUT2D eigenvalue weighted by atomic mass is 35.5. The molecule has 1 saturated heterocycles. The summed E-state index contributed by atoms with van der Waals surface area (Å²) in [4.78, 5) is 17.5. The SMILES string of the molecule is COc1ccc2c(c1)C(CC(=O)N1CCN(C)CC1)=C(C)C2=Cc1cc(OC)c(OC)c(OC)c1.Cl. The number of carbonyl (C=O) groups is 1. The fourth-order valence-electron chi connectivity index (χ4n) is 4.79. The van der Waals surface area contributed by atoms with Crippen molar-refractivity contribution in [2.45, 2.75) is 13.3 Å². The van der Waals surface area contributed by atoms with E-state index in [1.54, 1.807) is 28.4 Å². The van der Waals surface area contributed by atoms with Crippen molar-refractivity contribution in [2.24, 2.45) is 0 Å². The van der Waals surface area contributed by atoms with Gasteiger partial charge in [-0.05, 0) is 77.7 Å². The average Bonchev–Trinajstić information content (AvgIpc) is 3.13. The molecule has 1 amide bonds. The van der Waals surface area contributed by atoms with Crippen molar-refractivity contribution in [3.05, 3.63) is 52.6 Å². The second kappa shape index (κ2) is 11.7. The van der Waals surface area contributed by atoms with Crippen molar-refractivity contribution in [3.8, 4) is 23.0 Å². The van der Waals surface area contributed by atoms with Gasteiger partial charge >= 0.3 is 0 Å². The minimum Gasteiger partial charge on any atom is -0.497 e. The molecule has 0 saturated carbocycles. The zero-order valence-electron chi connectivity index (χ0n) is 21.8. The van der Waals surface area contributed by atoms with E-state index in [9.17, 15) is 4.79 Å². The van der Waals surface area contributed by atoms with Gasteiger partial charge in [-0.2, -0.15) is 0 Å². The van der Waals surface area contributed by atoms with E-state index in [2.05, 4.69) is 31.0 Å². The van der Waals surface area contributed by atoms with Gasteiger partial charge in [0.2, 0.25) is 11.7 Å². The van der Waals surface area contributed by atoms with Crippen LogP contribution in [0.5, 0.6) is 23.0 Å². The Hall–Kier alpha value is -3.16. The smallest absolute Gasteiger partial charge is 0.227 e. The van der Waals surface area contributed by atoms with Crippen LogP contribution < -0.4 is 18.9 Å². The number of amides is 1. The third-order valence-electron chi connectivity index (χ3n) is 6.88. The van der Waals surface area contributed by atoms with Crippen LogP contribution in [0, 0.1) is 0 Å². The van der Waals surface area contributed by atoms with Crippen molar-refractivity contribution >= 4 is 35.5 Å². The molecule has 194 valence electrons. The molecule has 1 fully saturated rings. The molecule has 4 rings (SSSR count). The molecule has 1 aliphatic carbocycles. The molecule has 36 heavy (non-hydrogen) atoms. The Labute approximate surface area is 219 Å². The van der Waals surface area contributed by atoms with E-state index in [4.69, 9.17) is 18.9 Å². The summed E-state index contributed by atoms with van der Waals surface area (Å²) in [5.41, 5.74) is 6.24. The lowest BCUT2D eigenvalue weighted by Gasteiger charge is -2.32. The Bertz CT molecular complexity index is 1160. The summed E-state index contributed by atoms with van der Waals surface area (Å²) in [5, 5.41) is 0. The number of allylic oxidation sites excluding steroid dienone is 2. The zero-order valence-corrected chi connectivity index (χ0v) is 22.7. The predicted octanol–water partition coefficient (Wildman–Crippen LogP) is 4.63. The van der Waals surface area contributed by atoms with E-state index >= 15 is 0 Å². The van der Waals surface area contributed by atoms with Gasteiger partial charge in [0.15, 0.2) is 11.5 Å².